The van der Waals surface area contributed by atoms with Crippen molar-refractivity contribution in [2.75, 3.05) is 19.0 Å². The molecule has 0 aromatic rings. The zero-order chi connectivity index (χ0) is 34.2. The number of thioether (sulfide) groups is 1. The molecule has 2 heterocycles. The van der Waals surface area contributed by atoms with Crippen molar-refractivity contribution in [3.63, 3.8) is 0 Å². The lowest BCUT2D eigenvalue weighted by Crippen LogP contribution is -2.72. The fourth-order valence-electron chi connectivity index (χ4n) is 4.31. The maximum absolute atomic E-state index is 13.6. The third-order valence-electron chi connectivity index (χ3n) is 5.91. The van der Waals surface area contributed by atoms with Gasteiger partial charge in [0.2, 0.25) is 6.10 Å². The number of hydrogen-bond donors (Lipinski definition) is 2. The number of nitrogens with one attached hydrogen (secondary N) is 1. The summed E-state index contributed by atoms with van der Waals surface area (Å²) in [5, 5.41) is 11.1. The molecule has 2 aliphatic heterocycles. The van der Waals surface area contributed by atoms with E-state index in [-0.39, 0.29) is 17.9 Å². The Kier molecular flexibility index (Phi) is 12.9. The topological polar surface area (TPSA) is 245 Å². The van der Waals surface area contributed by atoms with E-state index in [0.29, 0.717) is 0 Å². The van der Waals surface area contributed by atoms with Gasteiger partial charge in [0, 0.05) is 52.9 Å². The summed E-state index contributed by atoms with van der Waals surface area (Å²) in [6.45, 7) is 4.73. The van der Waals surface area contributed by atoms with Gasteiger partial charge in [-0.15, -0.1) is 11.8 Å². The molecule has 0 bridgehead atoms. The molecule has 0 saturated carbocycles. The number of ether oxygens (including phenoxy) is 6. The van der Waals surface area contributed by atoms with Crippen LogP contribution in [0.2, 0.25) is 0 Å². The lowest BCUT2D eigenvalue weighted by molar-refractivity contribution is -0.203. The summed E-state index contributed by atoms with van der Waals surface area (Å²) in [4.78, 5) is 110. The highest BCUT2D eigenvalue weighted by molar-refractivity contribution is 8.00. The van der Waals surface area contributed by atoms with Crippen LogP contribution in [-0.2, 0) is 71.6 Å². The van der Waals surface area contributed by atoms with E-state index in [1.165, 1.54) is 0 Å². The number of nitrogens with zero attached hydrogens (tertiary/aromatic N) is 1. The maximum atomic E-state index is 13.6. The van der Waals surface area contributed by atoms with Crippen LogP contribution in [-0.4, -0.2) is 118 Å². The predicted octanol–water partition coefficient (Wildman–Crippen LogP) is -1.42. The van der Waals surface area contributed by atoms with Gasteiger partial charge in [0.25, 0.3) is 11.8 Å². The Morgan fingerprint density at radius 1 is 0.800 bits per heavy atom. The number of fused-ring (bicyclic) bond motifs is 1. The molecule has 0 aromatic heterocycles. The number of carbonyl (C=O) groups excluding carboxylic acids is 8. The van der Waals surface area contributed by atoms with Crippen molar-refractivity contribution in [3.8, 4) is 0 Å². The Morgan fingerprint density at radius 2 is 1.33 bits per heavy atom. The first-order valence-corrected chi connectivity index (χ1v) is 14.1. The third-order valence-corrected chi connectivity index (χ3v) is 7.25. The molecule has 0 aromatic carbocycles. The second-order valence-electron chi connectivity index (χ2n) is 9.56. The standard InChI is InChI=1S/C26H32N2O16S/c1-10(29)39-7-16-9-45-25-18(24(36)28(25)19(16)26(37)38)27-23(35)22(44-15(6)34)21(43-14(5)33)20(42-13(4)32)17(41-12(3)31)8-40-11(2)30/h17-18,20-22,25H,7-9H2,1-6H3,(H,27,35)(H,37,38)/t17-,18?,20-,21+,22-,25?/m1/s1. The summed E-state index contributed by atoms with van der Waals surface area (Å²) in [6.07, 6.45) is -7.74. The quantitative estimate of drug-likeness (QED) is 0.123. The SMILES string of the molecule is CC(=O)OCC1=C(C(=O)O)N2C(=O)C(NC(=O)[C@H](OC(C)=O)[C@@H](OC(C)=O)[C@H](OC(C)=O)[C@@H](COC(C)=O)OC(C)=O)C2SC1. The van der Waals surface area contributed by atoms with Crippen molar-refractivity contribution in [1.82, 2.24) is 10.2 Å². The van der Waals surface area contributed by atoms with Crippen LogP contribution < -0.4 is 5.32 Å². The molecule has 1 saturated heterocycles. The second-order valence-corrected chi connectivity index (χ2v) is 10.7. The summed E-state index contributed by atoms with van der Waals surface area (Å²) >= 11 is 1.04. The first-order chi connectivity index (χ1) is 20.9. The molecule has 18 nitrogen and oxygen atoms in total. The lowest BCUT2D eigenvalue weighted by atomic mass is 9.99. The predicted molar refractivity (Wildman–Crippen MR) is 145 cm³/mol. The molecule has 1 fully saturated rings. The number of aliphatic carboxylic acids is 1. The molecule has 2 rings (SSSR count). The van der Waals surface area contributed by atoms with Gasteiger partial charge in [-0.1, -0.05) is 0 Å². The monoisotopic (exact) mass is 660 g/mol. The molecule has 2 unspecified atom stereocenters. The first-order valence-electron chi connectivity index (χ1n) is 13.1. The third kappa shape index (κ3) is 9.91. The van der Waals surface area contributed by atoms with Gasteiger partial charge < -0.3 is 38.8 Å². The van der Waals surface area contributed by atoms with Crippen molar-refractivity contribution in [2.24, 2.45) is 0 Å². The summed E-state index contributed by atoms with van der Waals surface area (Å²) in [5.41, 5.74) is -0.298. The highest BCUT2D eigenvalue weighted by Crippen LogP contribution is 2.40. The minimum atomic E-state index is -2.14. The number of carboxylic acid groups (broad SMARTS) is 1. The van der Waals surface area contributed by atoms with Gasteiger partial charge in [-0.3, -0.25) is 43.3 Å². The first kappa shape index (κ1) is 36.5. The molecule has 248 valence electrons. The van der Waals surface area contributed by atoms with Crippen LogP contribution in [0.5, 0.6) is 0 Å². The molecule has 2 aliphatic rings. The molecular weight excluding hydrogens is 628 g/mol. The highest BCUT2D eigenvalue weighted by atomic mass is 32.2. The number of carbonyl (C=O) groups is 9. The Hall–Kier alpha value is -4.68. The van der Waals surface area contributed by atoms with Crippen LogP contribution in [0, 0.1) is 0 Å². The Morgan fingerprint density at radius 3 is 1.82 bits per heavy atom. The highest BCUT2D eigenvalue weighted by Gasteiger charge is 2.56. The van der Waals surface area contributed by atoms with Crippen molar-refractivity contribution in [2.45, 2.75) is 77.4 Å². The average Bonchev–Trinajstić information content (AvgIpc) is 2.91. The van der Waals surface area contributed by atoms with Crippen molar-refractivity contribution >= 4 is 65.4 Å². The number of β-lactam (4-membered cyclic amide) rings is 1. The van der Waals surface area contributed by atoms with Crippen LogP contribution in [0.25, 0.3) is 0 Å². The summed E-state index contributed by atoms with van der Waals surface area (Å²) in [5.74, 6) is -9.25. The minimum absolute atomic E-state index is 0.00785. The number of carboxylic acids is 1. The van der Waals surface area contributed by atoms with E-state index in [1.54, 1.807) is 0 Å². The van der Waals surface area contributed by atoms with Gasteiger partial charge in [-0.2, -0.15) is 0 Å². The largest absolute Gasteiger partial charge is 0.477 e. The van der Waals surface area contributed by atoms with E-state index in [9.17, 15) is 48.3 Å². The molecule has 0 aliphatic carbocycles. The molecule has 2 amide bonds. The van der Waals surface area contributed by atoms with Crippen LogP contribution in [0.1, 0.15) is 41.5 Å². The molecular formula is C26H32N2O16S. The van der Waals surface area contributed by atoms with Gasteiger partial charge in [-0.25, -0.2) is 4.79 Å². The molecule has 2 N–H and O–H groups in total. The molecule has 45 heavy (non-hydrogen) atoms. The molecule has 0 spiro atoms. The summed E-state index contributed by atoms with van der Waals surface area (Å²) in [6, 6.07) is -1.37. The van der Waals surface area contributed by atoms with Crippen LogP contribution in [0.3, 0.4) is 0 Å². The normalized spacial score (nSPS) is 19.7. The van der Waals surface area contributed by atoms with Gasteiger partial charge >= 0.3 is 41.8 Å². The fraction of sp³-hybridized carbons (Fsp3) is 0.577. The number of hydrogen-bond acceptors (Lipinski definition) is 16. The summed E-state index contributed by atoms with van der Waals surface area (Å²) in [7, 11) is 0. The lowest BCUT2D eigenvalue weighted by Gasteiger charge is -2.49. The van der Waals surface area contributed by atoms with Crippen LogP contribution in [0.4, 0.5) is 0 Å². The molecule has 0 radical (unpaired) electrons. The Labute approximate surface area is 260 Å². The number of amides is 2. The van der Waals surface area contributed by atoms with Crippen LogP contribution >= 0.6 is 11.8 Å². The average molecular weight is 661 g/mol. The van der Waals surface area contributed by atoms with Gasteiger partial charge in [-0.05, 0) is 0 Å². The van der Waals surface area contributed by atoms with Crippen molar-refractivity contribution in [3.05, 3.63) is 11.3 Å². The molecule has 19 heteroatoms. The van der Waals surface area contributed by atoms with E-state index < -0.39 is 102 Å². The number of rotatable bonds is 14. The summed E-state index contributed by atoms with van der Waals surface area (Å²) < 4.78 is 30.5. The fourth-order valence-corrected chi connectivity index (χ4v) is 5.64. The van der Waals surface area contributed by atoms with E-state index in [1.807, 2.05) is 0 Å². The smallest absolute Gasteiger partial charge is 0.352 e. The van der Waals surface area contributed by atoms with Gasteiger partial charge in [0.1, 0.15) is 30.3 Å². The molecule has 6 atom stereocenters. The zero-order valence-electron chi connectivity index (χ0n) is 25.0. The van der Waals surface area contributed by atoms with E-state index in [2.05, 4.69) is 5.32 Å². The van der Waals surface area contributed by atoms with Gasteiger partial charge in [0.15, 0.2) is 18.3 Å². The number of esters is 6. The Bertz CT molecular complexity index is 1300. The van der Waals surface area contributed by atoms with Crippen LogP contribution in [0.15, 0.2) is 11.3 Å². The van der Waals surface area contributed by atoms with E-state index >= 15 is 0 Å². The van der Waals surface area contributed by atoms with Crippen molar-refractivity contribution in [1.29, 1.82) is 0 Å². The van der Waals surface area contributed by atoms with E-state index in [0.717, 1.165) is 58.2 Å². The van der Waals surface area contributed by atoms with E-state index in [4.69, 9.17) is 28.4 Å². The van der Waals surface area contributed by atoms with Gasteiger partial charge in [0.05, 0.1) is 0 Å². The maximum Gasteiger partial charge on any atom is 0.352 e. The minimum Gasteiger partial charge on any atom is -0.477 e. The second kappa shape index (κ2) is 15.9. The Balaban J connectivity index is 2.47. The van der Waals surface area contributed by atoms with Crippen molar-refractivity contribution < 1.29 is 76.7 Å². The zero-order valence-corrected chi connectivity index (χ0v) is 25.8.